The summed E-state index contributed by atoms with van der Waals surface area (Å²) in [4.78, 5) is 38.2. The Hall–Kier alpha value is -4.44. The minimum Gasteiger partial charge on any atom is -0.451 e. The summed E-state index contributed by atoms with van der Waals surface area (Å²) in [5.74, 6) is -1.36. The Morgan fingerprint density at radius 3 is 2.48 bits per heavy atom. The van der Waals surface area contributed by atoms with E-state index >= 15 is 0 Å². The number of nitrogens with one attached hydrogen (secondary N) is 1. The number of carbonyl (C=O) groups excluding carboxylic acids is 2. The number of esters is 1. The summed E-state index contributed by atoms with van der Waals surface area (Å²) in [6, 6.07) is 20.6. The minimum absolute atomic E-state index is 0.0624. The van der Waals surface area contributed by atoms with Crippen molar-refractivity contribution in [3.8, 4) is 5.69 Å². The summed E-state index contributed by atoms with van der Waals surface area (Å²) in [5.41, 5.74) is 1.77. The number of nitrogens with zero attached hydrogens (tertiary/aromatic N) is 4. The van der Waals surface area contributed by atoms with Gasteiger partial charge in [0.25, 0.3) is 11.5 Å². The Morgan fingerprint density at radius 1 is 0.909 bits per heavy atom. The molecule has 33 heavy (non-hydrogen) atoms. The summed E-state index contributed by atoms with van der Waals surface area (Å²) in [6.07, 6.45) is 0. The number of amides is 1. The average molecular weight is 457 g/mol. The van der Waals surface area contributed by atoms with Gasteiger partial charge in [-0.1, -0.05) is 42.5 Å². The van der Waals surface area contributed by atoms with Crippen molar-refractivity contribution in [1.29, 1.82) is 0 Å². The predicted octanol–water partition coefficient (Wildman–Crippen LogP) is 3.19. The molecule has 0 saturated carbocycles. The molecular formula is C23H15N5O4S. The van der Waals surface area contributed by atoms with Crippen molar-refractivity contribution in [3.63, 3.8) is 0 Å². The first-order valence-corrected chi connectivity index (χ1v) is 10.6. The van der Waals surface area contributed by atoms with Gasteiger partial charge in [-0.15, -0.1) is 0 Å². The Kier molecular flexibility index (Phi) is 5.33. The molecule has 0 aliphatic rings. The van der Waals surface area contributed by atoms with Crippen LogP contribution in [-0.4, -0.2) is 37.0 Å². The lowest BCUT2D eigenvalue weighted by Crippen LogP contribution is -2.26. The maximum Gasteiger partial charge on any atom is 0.359 e. The molecule has 0 saturated heterocycles. The maximum absolute atomic E-state index is 12.9. The van der Waals surface area contributed by atoms with Crippen molar-refractivity contribution in [2.24, 2.45) is 0 Å². The fourth-order valence-electron chi connectivity index (χ4n) is 3.38. The highest BCUT2D eigenvalue weighted by atomic mass is 32.1. The van der Waals surface area contributed by atoms with Gasteiger partial charge in [-0.25, -0.2) is 4.79 Å². The second-order valence-electron chi connectivity index (χ2n) is 7.01. The van der Waals surface area contributed by atoms with Crippen molar-refractivity contribution in [2.45, 2.75) is 0 Å². The van der Waals surface area contributed by atoms with E-state index in [0.29, 0.717) is 33.2 Å². The second kappa shape index (κ2) is 8.60. The smallest absolute Gasteiger partial charge is 0.359 e. The molecule has 0 radical (unpaired) electrons. The lowest BCUT2D eigenvalue weighted by molar-refractivity contribution is -0.119. The molecule has 3 aromatic carbocycles. The number of aromatic nitrogens is 4. The van der Waals surface area contributed by atoms with Gasteiger partial charge >= 0.3 is 5.97 Å². The quantitative estimate of drug-likeness (QED) is 0.403. The Balaban J connectivity index is 1.41. The molecule has 1 amide bonds. The van der Waals surface area contributed by atoms with Gasteiger partial charge in [0.2, 0.25) is 0 Å². The van der Waals surface area contributed by atoms with Crippen LogP contribution in [0.15, 0.2) is 77.6 Å². The van der Waals surface area contributed by atoms with Crippen molar-refractivity contribution >= 4 is 51.1 Å². The number of benzene rings is 3. The Morgan fingerprint density at radius 2 is 1.67 bits per heavy atom. The lowest BCUT2D eigenvalue weighted by Gasteiger charge is -2.11. The fourth-order valence-corrected chi connectivity index (χ4v) is 3.93. The number of ether oxygens (including phenoxy) is 1. The molecule has 0 bridgehead atoms. The molecule has 0 spiro atoms. The maximum atomic E-state index is 12.9. The standard InChI is InChI=1S/C23H15N5O4S/c29-19(24-17-11-6-12-18-21(17)27-33-26-18)13-32-23(31)20-15-9-4-5-10-16(15)22(30)28(25-20)14-7-2-1-3-8-14/h1-12H,13H2,(H,24,29). The monoisotopic (exact) mass is 457 g/mol. The lowest BCUT2D eigenvalue weighted by atomic mass is 10.1. The number of para-hydroxylation sites is 1. The number of hydrogen-bond acceptors (Lipinski definition) is 8. The van der Waals surface area contributed by atoms with E-state index in [9.17, 15) is 14.4 Å². The van der Waals surface area contributed by atoms with Gasteiger partial charge in [0.1, 0.15) is 11.0 Å². The SMILES string of the molecule is O=C(COC(=O)c1nn(-c2ccccc2)c(=O)c2ccccc12)Nc1cccc2nsnc12. The molecule has 0 aliphatic carbocycles. The van der Waals surface area contributed by atoms with E-state index < -0.39 is 18.5 Å². The molecule has 0 fully saturated rings. The summed E-state index contributed by atoms with van der Waals surface area (Å²) in [5, 5.41) is 7.58. The number of carbonyl (C=O) groups is 2. The molecule has 0 aliphatic heterocycles. The Bertz CT molecular complexity index is 1560. The number of anilines is 1. The van der Waals surface area contributed by atoms with Crippen LogP contribution in [0.3, 0.4) is 0 Å². The van der Waals surface area contributed by atoms with Crippen LogP contribution >= 0.6 is 11.7 Å². The molecule has 162 valence electrons. The van der Waals surface area contributed by atoms with E-state index in [1.54, 1.807) is 66.7 Å². The molecule has 9 nitrogen and oxygen atoms in total. The van der Waals surface area contributed by atoms with Crippen LogP contribution in [-0.2, 0) is 9.53 Å². The zero-order chi connectivity index (χ0) is 22.8. The largest absolute Gasteiger partial charge is 0.451 e. The first-order valence-electron chi connectivity index (χ1n) is 9.87. The van der Waals surface area contributed by atoms with Crippen LogP contribution in [0.25, 0.3) is 27.5 Å². The van der Waals surface area contributed by atoms with E-state index in [0.717, 1.165) is 16.4 Å². The molecule has 5 aromatic rings. The number of hydrogen-bond donors (Lipinski definition) is 1. The van der Waals surface area contributed by atoms with Crippen LogP contribution in [0.1, 0.15) is 10.5 Å². The second-order valence-corrected chi connectivity index (χ2v) is 7.54. The van der Waals surface area contributed by atoms with E-state index in [-0.39, 0.29) is 11.3 Å². The molecule has 10 heteroatoms. The van der Waals surface area contributed by atoms with Crippen LogP contribution in [0.2, 0.25) is 0 Å². The molecule has 1 N–H and O–H groups in total. The van der Waals surface area contributed by atoms with Gasteiger partial charge in [0.05, 0.1) is 28.5 Å². The molecule has 2 heterocycles. The third-order valence-corrected chi connectivity index (χ3v) is 5.44. The van der Waals surface area contributed by atoms with Gasteiger partial charge < -0.3 is 10.1 Å². The summed E-state index contributed by atoms with van der Waals surface area (Å²) >= 11 is 1.04. The first-order chi connectivity index (χ1) is 16.1. The van der Waals surface area contributed by atoms with Gasteiger partial charge in [0, 0.05) is 5.39 Å². The first kappa shape index (κ1) is 20.5. The van der Waals surface area contributed by atoms with Crippen LogP contribution in [0.4, 0.5) is 5.69 Å². The van der Waals surface area contributed by atoms with Gasteiger partial charge in [0.15, 0.2) is 12.3 Å². The molecule has 0 unspecified atom stereocenters. The zero-order valence-electron chi connectivity index (χ0n) is 17.0. The topological polar surface area (TPSA) is 116 Å². The van der Waals surface area contributed by atoms with Gasteiger partial charge in [-0.05, 0) is 30.3 Å². The molecule has 5 rings (SSSR count). The predicted molar refractivity (Wildman–Crippen MR) is 124 cm³/mol. The van der Waals surface area contributed by atoms with E-state index in [1.807, 2.05) is 6.07 Å². The number of fused-ring (bicyclic) bond motifs is 2. The van der Waals surface area contributed by atoms with E-state index in [1.165, 1.54) is 0 Å². The van der Waals surface area contributed by atoms with Crippen LogP contribution in [0, 0.1) is 0 Å². The van der Waals surface area contributed by atoms with Gasteiger partial charge in [-0.3, -0.25) is 9.59 Å². The fraction of sp³-hybridized carbons (Fsp3) is 0.0435. The highest BCUT2D eigenvalue weighted by molar-refractivity contribution is 7.00. The van der Waals surface area contributed by atoms with Crippen LogP contribution in [0.5, 0.6) is 0 Å². The van der Waals surface area contributed by atoms with Crippen molar-refractivity contribution in [3.05, 3.63) is 88.8 Å². The van der Waals surface area contributed by atoms with Crippen molar-refractivity contribution in [1.82, 2.24) is 18.5 Å². The normalized spacial score (nSPS) is 10.9. The van der Waals surface area contributed by atoms with Gasteiger partial charge in [-0.2, -0.15) is 18.5 Å². The summed E-state index contributed by atoms with van der Waals surface area (Å²) < 4.78 is 14.7. The minimum atomic E-state index is -0.820. The van der Waals surface area contributed by atoms with Crippen molar-refractivity contribution in [2.75, 3.05) is 11.9 Å². The van der Waals surface area contributed by atoms with E-state index in [4.69, 9.17) is 4.74 Å². The average Bonchev–Trinajstić information content (AvgIpc) is 3.34. The third-order valence-electron chi connectivity index (χ3n) is 4.89. The summed E-state index contributed by atoms with van der Waals surface area (Å²) in [7, 11) is 0. The number of rotatable bonds is 5. The molecular weight excluding hydrogens is 442 g/mol. The van der Waals surface area contributed by atoms with Crippen LogP contribution < -0.4 is 10.9 Å². The third kappa shape index (κ3) is 3.94. The highest BCUT2D eigenvalue weighted by Gasteiger charge is 2.20. The Labute approximate surface area is 190 Å². The highest BCUT2D eigenvalue weighted by Crippen LogP contribution is 2.21. The summed E-state index contributed by atoms with van der Waals surface area (Å²) in [6.45, 7) is -0.534. The molecule has 2 aromatic heterocycles. The zero-order valence-corrected chi connectivity index (χ0v) is 17.8. The molecule has 0 atom stereocenters. The van der Waals surface area contributed by atoms with Crippen molar-refractivity contribution < 1.29 is 14.3 Å². The van der Waals surface area contributed by atoms with E-state index in [2.05, 4.69) is 19.2 Å².